The number of hydrogen-bond acceptors (Lipinski definition) is 5. The van der Waals surface area contributed by atoms with Crippen LogP contribution in [0.5, 0.6) is 0 Å². The van der Waals surface area contributed by atoms with Crippen molar-refractivity contribution in [2.45, 2.75) is 38.7 Å². The number of oxazole rings is 1. The summed E-state index contributed by atoms with van der Waals surface area (Å²) in [6.07, 6.45) is 5.58. The van der Waals surface area contributed by atoms with Crippen LogP contribution in [0.4, 0.5) is 4.39 Å². The molecule has 1 saturated heterocycles. The van der Waals surface area contributed by atoms with Crippen LogP contribution in [-0.2, 0) is 15.9 Å². The topological polar surface area (TPSA) is 72.1 Å². The van der Waals surface area contributed by atoms with E-state index >= 15 is 0 Å². The number of hydrogen-bond donors (Lipinski definition) is 1. The van der Waals surface area contributed by atoms with Crippen molar-refractivity contribution in [2.75, 3.05) is 46.5 Å². The normalized spacial score (nSPS) is 15.5. The molecule has 8 heteroatoms. The number of ether oxygens (including phenoxy) is 2. The molecule has 2 heterocycles. The number of nitrogens with zero attached hydrogens (tertiary/aromatic N) is 3. The van der Waals surface area contributed by atoms with Gasteiger partial charge in [0, 0.05) is 58.5 Å². The zero-order valence-corrected chi connectivity index (χ0v) is 18.5. The highest BCUT2D eigenvalue weighted by atomic mass is 19.1. The summed E-state index contributed by atoms with van der Waals surface area (Å²) in [6, 6.07) is 6.13. The molecule has 1 aliphatic rings. The van der Waals surface area contributed by atoms with Gasteiger partial charge in [-0.15, -0.1) is 0 Å². The summed E-state index contributed by atoms with van der Waals surface area (Å²) >= 11 is 0. The summed E-state index contributed by atoms with van der Waals surface area (Å²) in [6.45, 7) is 6.88. The van der Waals surface area contributed by atoms with Gasteiger partial charge in [0.2, 0.25) is 5.89 Å². The predicted octanol–water partition coefficient (Wildman–Crippen LogP) is 3.51. The van der Waals surface area contributed by atoms with Crippen LogP contribution in [0.25, 0.3) is 11.5 Å². The molecular formula is C23H33FN4O3. The Morgan fingerprint density at radius 1 is 1.26 bits per heavy atom. The van der Waals surface area contributed by atoms with Gasteiger partial charge >= 0.3 is 0 Å². The third kappa shape index (κ3) is 7.33. The van der Waals surface area contributed by atoms with Crippen molar-refractivity contribution in [3.8, 4) is 11.5 Å². The van der Waals surface area contributed by atoms with E-state index < -0.39 is 0 Å². The molecule has 2 aromatic rings. The zero-order valence-electron chi connectivity index (χ0n) is 18.5. The van der Waals surface area contributed by atoms with Gasteiger partial charge in [-0.05, 0) is 50.5 Å². The Kier molecular flexibility index (Phi) is 9.30. The summed E-state index contributed by atoms with van der Waals surface area (Å²) in [7, 11) is 1.72. The number of aliphatic imine (C=N–C) groups is 1. The van der Waals surface area contributed by atoms with Crippen LogP contribution in [0.15, 0.2) is 39.9 Å². The highest BCUT2D eigenvalue weighted by Crippen LogP contribution is 2.19. The Balaban J connectivity index is 1.47. The first kappa shape index (κ1) is 23.2. The molecule has 0 radical (unpaired) electrons. The largest absolute Gasteiger partial charge is 0.444 e. The monoisotopic (exact) mass is 432 g/mol. The number of rotatable bonds is 10. The van der Waals surface area contributed by atoms with E-state index in [-0.39, 0.29) is 5.82 Å². The van der Waals surface area contributed by atoms with Gasteiger partial charge in [-0.2, -0.15) is 0 Å². The lowest BCUT2D eigenvalue weighted by molar-refractivity contribution is 0.00991. The van der Waals surface area contributed by atoms with Crippen LogP contribution in [0.2, 0.25) is 0 Å². The Hall–Kier alpha value is -2.45. The van der Waals surface area contributed by atoms with E-state index in [1.54, 1.807) is 25.5 Å². The Labute approximate surface area is 183 Å². The van der Waals surface area contributed by atoms with Crippen molar-refractivity contribution in [2.24, 2.45) is 4.99 Å². The maximum Gasteiger partial charge on any atom is 0.226 e. The molecule has 1 aromatic carbocycles. The lowest BCUT2D eigenvalue weighted by Crippen LogP contribution is -2.47. The van der Waals surface area contributed by atoms with Gasteiger partial charge in [-0.1, -0.05) is 0 Å². The number of halogens is 1. The fraction of sp³-hybridized carbons (Fsp3) is 0.565. The second-order valence-corrected chi connectivity index (χ2v) is 7.54. The van der Waals surface area contributed by atoms with E-state index in [0.717, 1.165) is 69.3 Å². The number of benzene rings is 1. The van der Waals surface area contributed by atoms with Crippen LogP contribution in [-0.4, -0.2) is 68.4 Å². The van der Waals surface area contributed by atoms with Crippen molar-refractivity contribution >= 4 is 5.96 Å². The molecule has 0 saturated carbocycles. The van der Waals surface area contributed by atoms with Crippen LogP contribution in [0, 0.1) is 5.82 Å². The second-order valence-electron chi connectivity index (χ2n) is 7.54. The van der Waals surface area contributed by atoms with Gasteiger partial charge in [-0.25, -0.2) is 9.37 Å². The lowest BCUT2D eigenvalue weighted by atomic mass is 10.1. The first-order valence-electron chi connectivity index (χ1n) is 11.0. The minimum Gasteiger partial charge on any atom is -0.444 e. The minimum atomic E-state index is -0.275. The molecule has 1 aliphatic heterocycles. The third-order valence-electron chi connectivity index (χ3n) is 5.20. The third-order valence-corrected chi connectivity index (χ3v) is 5.20. The number of piperidine rings is 1. The van der Waals surface area contributed by atoms with E-state index in [1.165, 1.54) is 12.1 Å². The summed E-state index contributed by atoms with van der Waals surface area (Å²) in [5.74, 6) is 1.16. The summed E-state index contributed by atoms with van der Waals surface area (Å²) in [4.78, 5) is 11.6. The highest BCUT2D eigenvalue weighted by molar-refractivity contribution is 5.80. The van der Waals surface area contributed by atoms with E-state index in [1.807, 2.05) is 0 Å². The average molecular weight is 433 g/mol. The molecule has 31 heavy (non-hydrogen) atoms. The van der Waals surface area contributed by atoms with Gasteiger partial charge in [0.05, 0.1) is 11.8 Å². The fourth-order valence-electron chi connectivity index (χ4n) is 3.54. The molecule has 1 aromatic heterocycles. The zero-order chi connectivity index (χ0) is 21.9. The van der Waals surface area contributed by atoms with Crippen LogP contribution < -0.4 is 5.32 Å². The van der Waals surface area contributed by atoms with Gasteiger partial charge < -0.3 is 24.1 Å². The maximum absolute atomic E-state index is 13.1. The second kappa shape index (κ2) is 12.4. The molecule has 0 amide bonds. The predicted molar refractivity (Wildman–Crippen MR) is 119 cm³/mol. The molecule has 0 unspecified atom stereocenters. The number of guanidine groups is 1. The molecular weight excluding hydrogens is 399 g/mol. The van der Waals surface area contributed by atoms with E-state index in [4.69, 9.17) is 18.9 Å². The molecule has 0 atom stereocenters. The SMILES string of the molecule is CCNC(=NCCc1coc(-c2ccc(F)cc2)n1)N1CCC(OCCCOC)CC1. The Morgan fingerprint density at radius 3 is 2.74 bits per heavy atom. The van der Waals surface area contributed by atoms with Crippen molar-refractivity contribution in [3.05, 3.63) is 42.0 Å². The number of methoxy groups -OCH3 is 1. The molecule has 0 spiro atoms. The van der Waals surface area contributed by atoms with Gasteiger partial charge in [0.25, 0.3) is 0 Å². The van der Waals surface area contributed by atoms with Crippen molar-refractivity contribution in [1.82, 2.24) is 15.2 Å². The molecule has 7 nitrogen and oxygen atoms in total. The average Bonchev–Trinajstić information content (AvgIpc) is 3.26. The number of nitrogens with one attached hydrogen (secondary N) is 1. The number of likely N-dealkylation sites (tertiary alicyclic amines) is 1. The quantitative estimate of drug-likeness (QED) is 0.352. The molecule has 170 valence electrons. The Bertz CT molecular complexity index is 801. The summed E-state index contributed by atoms with van der Waals surface area (Å²) < 4.78 is 29.6. The van der Waals surface area contributed by atoms with Crippen LogP contribution in [0.3, 0.4) is 0 Å². The highest BCUT2D eigenvalue weighted by Gasteiger charge is 2.21. The van der Waals surface area contributed by atoms with Crippen molar-refractivity contribution in [3.63, 3.8) is 0 Å². The van der Waals surface area contributed by atoms with Gasteiger partial charge in [0.15, 0.2) is 5.96 Å². The summed E-state index contributed by atoms with van der Waals surface area (Å²) in [5.41, 5.74) is 1.60. The molecule has 1 fully saturated rings. The lowest BCUT2D eigenvalue weighted by Gasteiger charge is -2.34. The van der Waals surface area contributed by atoms with E-state index in [2.05, 4.69) is 22.1 Å². The van der Waals surface area contributed by atoms with E-state index in [9.17, 15) is 4.39 Å². The van der Waals surface area contributed by atoms with Crippen LogP contribution in [0.1, 0.15) is 31.9 Å². The van der Waals surface area contributed by atoms with Gasteiger partial charge in [-0.3, -0.25) is 4.99 Å². The fourth-order valence-corrected chi connectivity index (χ4v) is 3.54. The van der Waals surface area contributed by atoms with Gasteiger partial charge in [0.1, 0.15) is 12.1 Å². The van der Waals surface area contributed by atoms with Crippen molar-refractivity contribution < 1.29 is 18.3 Å². The standard InChI is InChI=1S/C23H33FN4O3/c1-3-25-23(28-13-10-21(11-14-28)30-16-4-15-29-2)26-12-9-20-17-31-22(27-20)18-5-7-19(24)8-6-18/h5-8,17,21H,3-4,9-16H2,1-2H3,(H,25,26). The molecule has 0 aliphatic carbocycles. The first-order valence-corrected chi connectivity index (χ1v) is 11.0. The smallest absolute Gasteiger partial charge is 0.226 e. The molecule has 3 rings (SSSR count). The van der Waals surface area contributed by atoms with E-state index in [0.29, 0.717) is 25.0 Å². The summed E-state index contributed by atoms with van der Waals surface area (Å²) in [5, 5.41) is 3.39. The molecule has 0 bridgehead atoms. The minimum absolute atomic E-state index is 0.275. The van der Waals surface area contributed by atoms with Crippen molar-refractivity contribution in [1.29, 1.82) is 0 Å². The first-order chi connectivity index (χ1) is 15.2. The maximum atomic E-state index is 13.1. The number of aromatic nitrogens is 1. The molecule has 1 N–H and O–H groups in total. The van der Waals surface area contributed by atoms with Crippen LogP contribution >= 0.6 is 0 Å². The Morgan fingerprint density at radius 2 is 2.03 bits per heavy atom.